The molecule has 0 aromatic carbocycles. The molecule has 5 nitrogen and oxygen atoms in total. The van der Waals surface area contributed by atoms with Gasteiger partial charge < -0.3 is 10.6 Å². The lowest BCUT2D eigenvalue weighted by atomic mass is 9.90. The van der Waals surface area contributed by atoms with Crippen molar-refractivity contribution in [2.45, 2.75) is 26.7 Å². The van der Waals surface area contributed by atoms with Gasteiger partial charge in [0.1, 0.15) is 0 Å². The quantitative estimate of drug-likeness (QED) is 0.729. The largest absolute Gasteiger partial charge is 0.330 e. The minimum absolute atomic E-state index is 0.0456. The molecule has 0 aromatic heterocycles. The molecule has 1 aliphatic heterocycles. The van der Waals surface area contributed by atoms with Crippen LogP contribution in [0.4, 0.5) is 0 Å². The highest BCUT2D eigenvalue weighted by Gasteiger charge is 2.36. The van der Waals surface area contributed by atoms with Crippen LogP contribution in [0.25, 0.3) is 0 Å². The van der Waals surface area contributed by atoms with Crippen LogP contribution in [-0.4, -0.2) is 55.3 Å². The Labute approximate surface area is 110 Å². The average molecular weight is 254 g/mol. The molecule has 0 fully saturated rings. The number of rotatable bonds is 7. The number of hydrazone groups is 1. The molecule has 0 radical (unpaired) electrons. The van der Waals surface area contributed by atoms with Crippen molar-refractivity contribution in [1.82, 2.24) is 9.91 Å². The summed E-state index contributed by atoms with van der Waals surface area (Å²) in [6.07, 6.45) is 1.70. The predicted molar refractivity (Wildman–Crippen MR) is 74.3 cm³/mol. The van der Waals surface area contributed by atoms with Gasteiger partial charge in [-0.05, 0) is 39.4 Å². The van der Waals surface area contributed by atoms with Gasteiger partial charge in [-0.25, -0.2) is 5.01 Å². The van der Waals surface area contributed by atoms with Crippen LogP contribution in [0.3, 0.4) is 0 Å². The van der Waals surface area contributed by atoms with E-state index in [-0.39, 0.29) is 11.8 Å². The zero-order valence-electron chi connectivity index (χ0n) is 12.0. The topological polar surface area (TPSA) is 61.9 Å². The van der Waals surface area contributed by atoms with E-state index in [1.54, 1.807) is 5.01 Å². The number of carbonyl (C=O) groups excluding carboxylic acids is 1. The van der Waals surface area contributed by atoms with Gasteiger partial charge >= 0.3 is 0 Å². The van der Waals surface area contributed by atoms with E-state index in [0.29, 0.717) is 19.0 Å². The summed E-state index contributed by atoms with van der Waals surface area (Å²) in [5.41, 5.74) is 6.56. The van der Waals surface area contributed by atoms with Gasteiger partial charge in [-0.15, -0.1) is 0 Å². The minimum atomic E-state index is -0.0456. The highest BCUT2D eigenvalue weighted by Crippen LogP contribution is 2.24. The molecule has 1 atom stereocenters. The van der Waals surface area contributed by atoms with E-state index in [4.69, 9.17) is 5.73 Å². The first-order chi connectivity index (χ1) is 8.47. The molecule has 0 aliphatic carbocycles. The summed E-state index contributed by atoms with van der Waals surface area (Å²) in [5, 5.41) is 6.14. The van der Waals surface area contributed by atoms with E-state index in [0.717, 1.165) is 25.1 Å². The smallest absolute Gasteiger partial charge is 0.251 e. The van der Waals surface area contributed by atoms with Crippen molar-refractivity contribution >= 4 is 11.6 Å². The van der Waals surface area contributed by atoms with Crippen LogP contribution >= 0.6 is 0 Å². The van der Waals surface area contributed by atoms with Crippen LogP contribution in [0.1, 0.15) is 26.7 Å². The molecule has 5 heteroatoms. The average Bonchev–Trinajstić information content (AvgIpc) is 2.61. The SMILES string of the molecule is CC(C)C1=NN(CCN(C)C)C(=O)C1CCCN. The number of likely N-dealkylation sites (N-methyl/N-ethyl adjacent to an activating group) is 1. The van der Waals surface area contributed by atoms with Gasteiger partial charge in [-0.3, -0.25) is 4.79 Å². The van der Waals surface area contributed by atoms with Gasteiger partial charge in [0.25, 0.3) is 5.91 Å². The van der Waals surface area contributed by atoms with E-state index >= 15 is 0 Å². The van der Waals surface area contributed by atoms with Crippen molar-refractivity contribution in [1.29, 1.82) is 0 Å². The highest BCUT2D eigenvalue weighted by atomic mass is 16.2. The number of carbonyl (C=O) groups is 1. The first-order valence-corrected chi connectivity index (χ1v) is 6.72. The van der Waals surface area contributed by atoms with Crippen LogP contribution in [0, 0.1) is 11.8 Å². The molecule has 0 saturated heterocycles. The molecule has 104 valence electrons. The molecule has 0 spiro atoms. The van der Waals surface area contributed by atoms with Crippen molar-refractivity contribution in [3.63, 3.8) is 0 Å². The van der Waals surface area contributed by atoms with Crippen LogP contribution in [0.5, 0.6) is 0 Å². The van der Waals surface area contributed by atoms with E-state index in [1.807, 2.05) is 14.1 Å². The predicted octanol–water partition coefficient (Wildman–Crippen LogP) is 0.757. The molecule has 1 unspecified atom stereocenters. The zero-order chi connectivity index (χ0) is 13.7. The summed E-state index contributed by atoms with van der Waals surface area (Å²) in [6, 6.07) is 0. The van der Waals surface area contributed by atoms with Crippen molar-refractivity contribution in [3.05, 3.63) is 0 Å². The van der Waals surface area contributed by atoms with Gasteiger partial charge in [-0.1, -0.05) is 13.8 Å². The highest BCUT2D eigenvalue weighted by molar-refractivity contribution is 6.08. The molecule has 18 heavy (non-hydrogen) atoms. The summed E-state index contributed by atoms with van der Waals surface area (Å²) in [4.78, 5) is 14.4. The Bertz CT molecular complexity index is 312. The molecule has 1 aliphatic rings. The van der Waals surface area contributed by atoms with Gasteiger partial charge in [-0.2, -0.15) is 5.10 Å². The lowest BCUT2D eigenvalue weighted by molar-refractivity contribution is -0.132. The Balaban J connectivity index is 2.69. The Hall–Kier alpha value is -0.940. The van der Waals surface area contributed by atoms with E-state index in [1.165, 1.54) is 0 Å². The fourth-order valence-electron chi connectivity index (χ4n) is 2.13. The molecule has 1 rings (SSSR count). The maximum Gasteiger partial charge on any atom is 0.251 e. The standard InChI is InChI=1S/C13H26N4O/c1-10(2)12-11(6-5-7-14)13(18)17(15-12)9-8-16(3)4/h10-11H,5-9,14H2,1-4H3. The fraction of sp³-hybridized carbons (Fsp3) is 0.846. The van der Waals surface area contributed by atoms with E-state index in [2.05, 4.69) is 23.8 Å². The molecular weight excluding hydrogens is 228 g/mol. The van der Waals surface area contributed by atoms with Gasteiger partial charge in [0.05, 0.1) is 18.2 Å². The molecule has 2 N–H and O–H groups in total. The number of nitrogens with two attached hydrogens (primary N) is 1. The maximum absolute atomic E-state index is 12.3. The lowest BCUT2D eigenvalue weighted by Gasteiger charge is -2.17. The third kappa shape index (κ3) is 3.78. The summed E-state index contributed by atoms with van der Waals surface area (Å²) in [6.45, 7) is 6.33. The third-order valence-electron chi connectivity index (χ3n) is 3.19. The van der Waals surface area contributed by atoms with Gasteiger partial charge in [0, 0.05) is 6.54 Å². The molecule has 1 heterocycles. The molecule has 0 bridgehead atoms. The monoisotopic (exact) mass is 254 g/mol. The van der Waals surface area contributed by atoms with Gasteiger partial charge in [0.2, 0.25) is 0 Å². The zero-order valence-corrected chi connectivity index (χ0v) is 12.0. The Morgan fingerprint density at radius 3 is 2.61 bits per heavy atom. The molecule has 0 saturated carbocycles. The molecular formula is C13H26N4O. The summed E-state index contributed by atoms with van der Waals surface area (Å²) < 4.78 is 0. The number of hydrogen-bond donors (Lipinski definition) is 1. The van der Waals surface area contributed by atoms with E-state index in [9.17, 15) is 4.79 Å². The Morgan fingerprint density at radius 2 is 2.11 bits per heavy atom. The minimum Gasteiger partial charge on any atom is -0.330 e. The van der Waals surface area contributed by atoms with E-state index < -0.39 is 0 Å². The lowest BCUT2D eigenvalue weighted by Crippen LogP contribution is -2.33. The first kappa shape index (κ1) is 15.1. The second kappa shape index (κ2) is 6.85. The number of nitrogens with zero attached hydrogens (tertiary/aromatic N) is 3. The first-order valence-electron chi connectivity index (χ1n) is 6.72. The second-order valence-corrected chi connectivity index (χ2v) is 5.43. The van der Waals surface area contributed by atoms with Crippen LogP contribution in [0.2, 0.25) is 0 Å². The van der Waals surface area contributed by atoms with Crippen molar-refractivity contribution in [3.8, 4) is 0 Å². The Morgan fingerprint density at radius 1 is 1.44 bits per heavy atom. The van der Waals surface area contributed by atoms with Crippen molar-refractivity contribution in [2.75, 3.05) is 33.7 Å². The Kier molecular flexibility index (Phi) is 5.75. The van der Waals surface area contributed by atoms with Crippen LogP contribution in [0.15, 0.2) is 5.10 Å². The fourth-order valence-corrected chi connectivity index (χ4v) is 2.13. The number of amides is 1. The van der Waals surface area contributed by atoms with Crippen molar-refractivity contribution in [2.24, 2.45) is 22.7 Å². The van der Waals surface area contributed by atoms with Gasteiger partial charge in [0.15, 0.2) is 0 Å². The van der Waals surface area contributed by atoms with Crippen molar-refractivity contribution < 1.29 is 4.79 Å². The van der Waals surface area contributed by atoms with Crippen LogP contribution in [-0.2, 0) is 4.79 Å². The summed E-state index contributed by atoms with van der Waals surface area (Å²) >= 11 is 0. The number of hydrogen-bond acceptors (Lipinski definition) is 4. The normalized spacial score (nSPS) is 20.2. The summed E-state index contributed by atoms with van der Waals surface area (Å²) in [5.74, 6) is 0.422. The molecule has 0 aromatic rings. The molecule has 1 amide bonds. The second-order valence-electron chi connectivity index (χ2n) is 5.43. The summed E-state index contributed by atoms with van der Waals surface area (Å²) in [7, 11) is 4.00. The van der Waals surface area contributed by atoms with Crippen LogP contribution < -0.4 is 5.73 Å². The maximum atomic E-state index is 12.3. The third-order valence-corrected chi connectivity index (χ3v) is 3.19.